The van der Waals surface area contributed by atoms with E-state index in [0.29, 0.717) is 19.0 Å². The number of anilines is 1. The molecule has 0 aliphatic carbocycles. The molecular formula is C17H20N4O4. The van der Waals surface area contributed by atoms with Gasteiger partial charge in [-0.1, -0.05) is 18.2 Å². The fraction of sp³-hybridized carbons (Fsp3) is 0.353. The molecule has 1 aromatic heterocycles. The Kier molecular flexibility index (Phi) is 5.17. The Bertz CT molecular complexity index is 731. The predicted octanol–water partition coefficient (Wildman–Crippen LogP) is 1.33. The van der Waals surface area contributed by atoms with Gasteiger partial charge in [-0.05, 0) is 12.1 Å². The SMILES string of the molecule is Cn1nccc1N1CC(CNC(=O)CCOc2ccccc2)OC1=O. The van der Waals surface area contributed by atoms with Crippen LogP contribution in [0, 0.1) is 0 Å². The maximum atomic E-state index is 11.9. The molecule has 1 saturated heterocycles. The van der Waals surface area contributed by atoms with Crippen molar-refractivity contribution in [3.05, 3.63) is 42.6 Å². The van der Waals surface area contributed by atoms with E-state index in [1.807, 2.05) is 30.3 Å². The molecule has 2 heterocycles. The minimum absolute atomic E-state index is 0.147. The van der Waals surface area contributed by atoms with Crippen LogP contribution in [0.5, 0.6) is 5.75 Å². The number of aromatic nitrogens is 2. The molecule has 0 bridgehead atoms. The normalized spacial score (nSPS) is 16.6. The van der Waals surface area contributed by atoms with Crippen LogP contribution in [0.4, 0.5) is 10.6 Å². The molecule has 1 N–H and O–H groups in total. The second-order valence-corrected chi connectivity index (χ2v) is 5.64. The molecule has 8 nitrogen and oxygen atoms in total. The molecule has 25 heavy (non-hydrogen) atoms. The van der Waals surface area contributed by atoms with Gasteiger partial charge in [0.2, 0.25) is 5.91 Å². The largest absolute Gasteiger partial charge is 0.493 e. The standard InChI is InChI=1S/C17H20N4O4/c1-20-16(7-9-19-20)21-12-14(25-17(21)23)11-18-15(22)8-10-24-13-5-3-2-4-6-13/h2-7,9,14H,8,10-12H2,1H3,(H,18,22). The number of benzene rings is 1. The number of cyclic esters (lactones) is 1. The summed E-state index contributed by atoms with van der Waals surface area (Å²) in [6.07, 6.45) is 1.03. The van der Waals surface area contributed by atoms with Crippen molar-refractivity contribution >= 4 is 17.8 Å². The van der Waals surface area contributed by atoms with Crippen molar-refractivity contribution in [2.75, 3.05) is 24.6 Å². The minimum Gasteiger partial charge on any atom is -0.493 e. The molecular weight excluding hydrogens is 324 g/mol. The van der Waals surface area contributed by atoms with Gasteiger partial charge in [0.1, 0.15) is 17.7 Å². The van der Waals surface area contributed by atoms with E-state index in [1.54, 1.807) is 24.0 Å². The number of carbonyl (C=O) groups is 2. The number of para-hydroxylation sites is 1. The van der Waals surface area contributed by atoms with E-state index in [2.05, 4.69) is 10.4 Å². The summed E-state index contributed by atoms with van der Waals surface area (Å²) < 4.78 is 12.4. The molecule has 1 fully saturated rings. The zero-order valence-electron chi connectivity index (χ0n) is 13.9. The first-order valence-corrected chi connectivity index (χ1v) is 8.04. The molecule has 1 unspecified atom stereocenters. The van der Waals surface area contributed by atoms with Crippen LogP contribution in [0.15, 0.2) is 42.6 Å². The van der Waals surface area contributed by atoms with Crippen LogP contribution in [0.1, 0.15) is 6.42 Å². The third kappa shape index (κ3) is 4.28. The summed E-state index contributed by atoms with van der Waals surface area (Å²) in [5.74, 6) is 1.24. The average molecular weight is 344 g/mol. The smallest absolute Gasteiger partial charge is 0.416 e. The predicted molar refractivity (Wildman–Crippen MR) is 90.4 cm³/mol. The van der Waals surface area contributed by atoms with Gasteiger partial charge >= 0.3 is 6.09 Å². The van der Waals surface area contributed by atoms with Crippen molar-refractivity contribution in [2.24, 2.45) is 7.05 Å². The number of aryl methyl sites for hydroxylation is 1. The number of nitrogens with one attached hydrogen (secondary N) is 1. The van der Waals surface area contributed by atoms with Crippen LogP contribution in [-0.2, 0) is 16.6 Å². The van der Waals surface area contributed by atoms with Crippen molar-refractivity contribution in [2.45, 2.75) is 12.5 Å². The highest BCUT2D eigenvalue weighted by molar-refractivity contribution is 5.88. The van der Waals surface area contributed by atoms with Crippen molar-refractivity contribution < 1.29 is 19.1 Å². The van der Waals surface area contributed by atoms with Crippen molar-refractivity contribution in [3.8, 4) is 5.75 Å². The van der Waals surface area contributed by atoms with E-state index in [4.69, 9.17) is 9.47 Å². The van der Waals surface area contributed by atoms with Gasteiger partial charge in [-0.25, -0.2) is 4.79 Å². The molecule has 1 atom stereocenters. The van der Waals surface area contributed by atoms with Gasteiger partial charge in [0, 0.05) is 13.1 Å². The van der Waals surface area contributed by atoms with Crippen LogP contribution in [0.2, 0.25) is 0 Å². The number of ether oxygens (including phenoxy) is 2. The zero-order chi connectivity index (χ0) is 17.6. The lowest BCUT2D eigenvalue weighted by atomic mass is 10.3. The Morgan fingerprint density at radius 1 is 1.36 bits per heavy atom. The van der Waals surface area contributed by atoms with Crippen molar-refractivity contribution in [1.29, 1.82) is 0 Å². The molecule has 1 aliphatic heterocycles. The molecule has 2 aromatic rings. The maximum absolute atomic E-state index is 11.9. The minimum atomic E-state index is -0.435. The molecule has 3 rings (SSSR count). The number of carbonyl (C=O) groups excluding carboxylic acids is 2. The van der Waals surface area contributed by atoms with E-state index in [9.17, 15) is 9.59 Å². The summed E-state index contributed by atoms with van der Waals surface area (Å²) in [4.78, 5) is 25.3. The summed E-state index contributed by atoms with van der Waals surface area (Å²) >= 11 is 0. The monoisotopic (exact) mass is 344 g/mol. The summed E-state index contributed by atoms with van der Waals surface area (Å²) in [7, 11) is 1.75. The van der Waals surface area contributed by atoms with Gasteiger partial charge in [0.05, 0.1) is 32.3 Å². The molecule has 1 aliphatic rings. The lowest BCUT2D eigenvalue weighted by Gasteiger charge is -2.12. The third-order valence-corrected chi connectivity index (χ3v) is 3.81. The Morgan fingerprint density at radius 3 is 2.88 bits per heavy atom. The third-order valence-electron chi connectivity index (χ3n) is 3.81. The van der Waals surface area contributed by atoms with Crippen LogP contribution in [0.3, 0.4) is 0 Å². The lowest BCUT2D eigenvalue weighted by molar-refractivity contribution is -0.121. The van der Waals surface area contributed by atoms with Gasteiger partial charge in [-0.3, -0.25) is 14.4 Å². The highest BCUT2D eigenvalue weighted by Crippen LogP contribution is 2.20. The second kappa shape index (κ2) is 7.69. The quantitative estimate of drug-likeness (QED) is 0.819. The van der Waals surface area contributed by atoms with E-state index in [-0.39, 0.29) is 25.0 Å². The van der Waals surface area contributed by atoms with Crippen LogP contribution in [0.25, 0.3) is 0 Å². The summed E-state index contributed by atoms with van der Waals surface area (Å²) in [6.45, 7) is 0.935. The van der Waals surface area contributed by atoms with E-state index < -0.39 is 6.09 Å². The van der Waals surface area contributed by atoms with Crippen LogP contribution < -0.4 is 15.0 Å². The molecule has 8 heteroatoms. The average Bonchev–Trinajstić information content (AvgIpc) is 3.19. The maximum Gasteiger partial charge on any atom is 0.416 e. The zero-order valence-corrected chi connectivity index (χ0v) is 13.9. The number of amides is 2. The highest BCUT2D eigenvalue weighted by atomic mass is 16.6. The lowest BCUT2D eigenvalue weighted by Crippen LogP contribution is -2.35. The Labute approximate surface area is 145 Å². The van der Waals surface area contributed by atoms with Gasteiger partial charge in [-0.2, -0.15) is 5.10 Å². The van der Waals surface area contributed by atoms with E-state index in [0.717, 1.165) is 5.75 Å². The van der Waals surface area contributed by atoms with Gasteiger partial charge in [0.25, 0.3) is 0 Å². The molecule has 1 aromatic carbocycles. The van der Waals surface area contributed by atoms with E-state index >= 15 is 0 Å². The molecule has 2 amide bonds. The Balaban J connectivity index is 1.39. The number of hydrogen-bond donors (Lipinski definition) is 1. The first-order valence-electron chi connectivity index (χ1n) is 8.04. The van der Waals surface area contributed by atoms with Crippen LogP contribution in [-0.4, -0.2) is 47.6 Å². The number of rotatable bonds is 7. The summed E-state index contributed by atoms with van der Waals surface area (Å²) in [6, 6.07) is 11.1. The molecule has 132 valence electrons. The fourth-order valence-corrected chi connectivity index (χ4v) is 2.54. The highest BCUT2D eigenvalue weighted by Gasteiger charge is 2.33. The summed E-state index contributed by atoms with van der Waals surface area (Å²) in [5.41, 5.74) is 0. The summed E-state index contributed by atoms with van der Waals surface area (Å²) in [5, 5.41) is 6.80. The fourth-order valence-electron chi connectivity index (χ4n) is 2.54. The topological polar surface area (TPSA) is 85.7 Å². The number of nitrogens with zero attached hydrogens (tertiary/aromatic N) is 3. The van der Waals surface area contributed by atoms with Gasteiger partial charge in [0.15, 0.2) is 0 Å². The van der Waals surface area contributed by atoms with Crippen LogP contribution >= 0.6 is 0 Å². The van der Waals surface area contributed by atoms with Gasteiger partial charge < -0.3 is 14.8 Å². The second-order valence-electron chi connectivity index (χ2n) is 5.64. The Hall–Kier alpha value is -3.03. The van der Waals surface area contributed by atoms with Crippen molar-refractivity contribution in [1.82, 2.24) is 15.1 Å². The Morgan fingerprint density at radius 2 is 2.16 bits per heavy atom. The first kappa shape index (κ1) is 16.8. The first-order chi connectivity index (χ1) is 12.1. The molecule has 0 spiro atoms. The van der Waals surface area contributed by atoms with Crippen molar-refractivity contribution in [3.63, 3.8) is 0 Å². The molecule has 0 saturated carbocycles. The van der Waals surface area contributed by atoms with E-state index in [1.165, 1.54) is 4.90 Å². The molecule has 0 radical (unpaired) electrons. The van der Waals surface area contributed by atoms with Gasteiger partial charge in [-0.15, -0.1) is 0 Å². The number of hydrogen-bond acceptors (Lipinski definition) is 5.